The van der Waals surface area contributed by atoms with Crippen molar-refractivity contribution in [3.63, 3.8) is 0 Å². The number of nitrogens with one attached hydrogen (secondary N) is 1. The lowest BCUT2D eigenvalue weighted by atomic mass is 10.1. The van der Waals surface area contributed by atoms with E-state index in [-0.39, 0.29) is 42.0 Å². The summed E-state index contributed by atoms with van der Waals surface area (Å²) in [5.74, 6) is -0.375. The zero-order chi connectivity index (χ0) is 16.7. The Labute approximate surface area is 133 Å². The number of anilines is 1. The molecule has 0 spiro atoms. The second-order valence-electron chi connectivity index (χ2n) is 6.50. The van der Waals surface area contributed by atoms with Gasteiger partial charge in [0.05, 0.1) is 18.8 Å². The second-order valence-corrected chi connectivity index (χ2v) is 6.50. The number of morpholine rings is 1. The van der Waals surface area contributed by atoms with Crippen LogP contribution in [0.25, 0.3) is 0 Å². The van der Waals surface area contributed by atoms with E-state index in [1.54, 1.807) is 0 Å². The molecule has 1 saturated heterocycles. The molecule has 1 aromatic rings. The summed E-state index contributed by atoms with van der Waals surface area (Å²) in [5, 5.41) is 0. The summed E-state index contributed by atoms with van der Waals surface area (Å²) in [4.78, 5) is 40.7. The van der Waals surface area contributed by atoms with Crippen molar-refractivity contribution < 1.29 is 9.53 Å². The van der Waals surface area contributed by atoms with E-state index in [9.17, 15) is 14.4 Å². The molecule has 2 aliphatic rings. The molecular weight excluding hydrogens is 300 g/mol. The summed E-state index contributed by atoms with van der Waals surface area (Å²) in [6.45, 7) is 5.23. The Kier molecular flexibility index (Phi) is 4.11. The monoisotopic (exact) mass is 322 g/mol. The van der Waals surface area contributed by atoms with Gasteiger partial charge in [-0.2, -0.15) is 0 Å². The summed E-state index contributed by atoms with van der Waals surface area (Å²) in [7, 11) is 0. The Bertz CT molecular complexity index is 724. The van der Waals surface area contributed by atoms with E-state index < -0.39 is 11.2 Å². The van der Waals surface area contributed by atoms with Gasteiger partial charge in [0, 0.05) is 19.1 Å². The van der Waals surface area contributed by atoms with Gasteiger partial charge in [0.1, 0.15) is 11.4 Å². The summed E-state index contributed by atoms with van der Waals surface area (Å²) < 4.78 is 6.97. The molecule has 1 aliphatic heterocycles. The molecule has 1 aromatic heterocycles. The largest absolute Gasteiger partial charge is 0.384 e. The molecule has 126 valence electrons. The lowest BCUT2D eigenvalue weighted by Crippen LogP contribution is -2.48. The highest BCUT2D eigenvalue weighted by molar-refractivity contribution is 6.01. The van der Waals surface area contributed by atoms with Crippen LogP contribution in [0.15, 0.2) is 9.59 Å². The first kappa shape index (κ1) is 15.9. The highest BCUT2D eigenvalue weighted by Crippen LogP contribution is 2.35. The van der Waals surface area contributed by atoms with Crippen LogP contribution in [-0.4, -0.2) is 52.1 Å². The van der Waals surface area contributed by atoms with Crippen LogP contribution in [0, 0.1) is 0 Å². The predicted molar refractivity (Wildman–Crippen MR) is 84.8 cm³/mol. The number of nitrogen functional groups attached to an aromatic ring is 1. The van der Waals surface area contributed by atoms with Crippen molar-refractivity contribution in [2.45, 2.75) is 44.9 Å². The molecule has 1 aliphatic carbocycles. The zero-order valence-electron chi connectivity index (χ0n) is 13.4. The van der Waals surface area contributed by atoms with E-state index >= 15 is 0 Å². The number of hydrogen-bond acceptors (Lipinski definition) is 6. The van der Waals surface area contributed by atoms with Gasteiger partial charge in [-0.3, -0.25) is 24.0 Å². The molecule has 0 bridgehead atoms. The van der Waals surface area contributed by atoms with Gasteiger partial charge in [-0.05, 0) is 26.7 Å². The molecule has 8 nitrogen and oxygen atoms in total. The van der Waals surface area contributed by atoms with Crippen LogP contribution in [0.5, 0.6) is 0 Å². The highest BCUT2D eigenvalue weighted by atomic mass is 16.5. The number of ketones is 1. The van der Waals surface area contributed by atoms with Gasteiger partial charge in [0.2, 0.25) is 0 Å². The molecule has 8 heteroatoms. The van der Waals surface area contributed by atoms with E-state index in [0.717, 1.165) is 12.8 Å². The fourth-order valence-electron chi connectivity index (χ4n) is 3.23. The standard InChI is InChI=1S/C15H22N4O4/c1-8-5-18(6-9(2)23-8)7-11(20)12-13(16)19(10-3-4-10)15(22)17-14(12)21/h8-10H,3-7,16H2,1-2H3,(H,17,21,22). The molecule has 1 saturated carbocycles. The van der Waals surface area contributed by atoms with Crippen LogP contribution in [0.4, 0.5) is 5.82 Å². The van der Waals surface area contributed by atoms with E-state index in [1.165, 1.54) is 4.57 Å². The van der Waals surface area contributed by atoms with E-state index in [4.69, 9.17) is 10.5 Å². The quantitative estimate of drug-likeness (QED) is 0.739. The third-order valence-electron chi connectivity index (χ3n) is 4.24. The van der Waals surface area contributed by atoms with Crippen molar-refractivity contribution in [1.29, 1.82) is 0 Å². The number of rotatable bonds is 4. The van der Waals surface area contributed by atoms with Gasteiger partial charge in [-0.25, -0.2) is 4.79 Å². The number of carbonyl (C=O) groups is 1. The van der Waals surface area contributed by atoms with Gasteiger partial charge >= 0.3 is 5.69 Å². The molecule has 3 N–H and O–H groups in total. The van der Waals surface area contributed by atoms with Crippen LogP contribution < -0.4 is 17.0 Å². The average molecular weight is 322 g/mol. The maximum Gasteiger partial charge on any atom is 0.330 e. The smallest absolute Gasteiger partial charge is 0.330 e. The lowest BCUT2D eigenvalue weighted by Gasteiger charge is -2.34. The van der Waals surface area contributed by atoms with E-state index in [0.29, 0.717) is 13.1 Å². The fraction of sp³-hybridized carbons (Fsp3) is 0.667. The van der Waals surface area contributed by atoms with Gasteiger partial charge in [0.25, 0.3) is 5.56 Å². The second kappa shape index (κ2) is 5.93. The SMILES string of the molecule is CC1CN(CC(=O)c2c(N)n(C3CC3)c(=O)[nH]c2=O)CC(C)O1. The Hall–Kier alpha value is -1.93. The number of ether oxygens (including phenoxy) is 1. The summed E-state index contributed by atoms with van der Waals surface area (Å²) in [6.07, 6.45) is 1.73. The lowest BCUT2D eigenvalue weighted by molar-refractivity contribution is -0.0652. The van der Waals surface area contributed by atoms with Crippen LogP contribution >= 0.6 is 0 Å². The van der Waals surface area contributed by atoms with Crippen molar-refractivity contribution in [1.82, 2.24) is 14.5 Å². The minimum absolute atomic E-state index is 0.00525. The number of aromatic nitrogens is 2. The Morgan fingerprint density at radius 2 is 1.87 bits per heavy atom. The summed E-state index contributed by atoms with van der Waals surface area (Å²) in [6, 6.07) is -0.00525. The first-order chi connectivity index (χ1) is 10.9. The van der Waals surface area contributed by atoms with Crippen LogP contribution in [0.2, 0.25) is 0 Å². The number of hydrogen-bond donors (Lipinski definition) is 2. The number of nitrogens with two attached hydrogens (primary N) is 1. The minimum Gasteiger partial charge on any atom is -0.384 e. The summed E-state index contributed by atoms with van der Waals surface area (Å²) in [5.41, 5.74) is 4.61. The molecule has 23 heavy (non-hydrogen) atoms. The van der Waals surface area contributed by atoms with Gasteiger partial charge in [-0.15, -0.1) is 0 Å². The Balaban J connectivity index is 1.86. The normalized spacial score (nSPS) is 25.5. The van der Waals surface area contributed by atoms with Gasteiger partial charge in [0.15, 0.2) is 5.78 Å². The fourth-order valence-corrected chi connectivity index (χ4v) is 3.23. The molecular formula is C15H22N4O4. The molecule has 0 amide bonds. The van der Waals surface area contributed by atoms with E-state index in [2.05, 4.69) is 4.98 Å². The number of Topliss-reactive ketones (excluding diaryl/α,β-unsaturated/α-hetero) is 1. The molecule has 0 aromatic carbocycles. The van der Waals surface area contributed by atoms with Crippen molar-refractivity contribution in [3.05, 3.63) is 26.4 Å². The van der Waals surface area contributed by atoms with Crippen molar-refractivity contribution >= 4 is 11.6 Å². The Morgan fingerprint density at radius 1 is 1.26 bits per heavy atom. The van der Waals surface area contributed by atoms with Crippen molar-refractivity contribution in [2.75, 3.05) is 25.4 Å². The third kappa shape index (κ3) is 3.23. The number of H-pyrrole nitrogens is 1. The maximum atomic E-state index is 12.6. The molecule has 2 unspecified atom stereocenters. The first-order valence-corrected chi connectivity index (χ1v) is 7.92. The van der Waals surface area contributed by atoms with Gasteiger partial charge in [-0.1, -0.05) is 0 Å². The van der Waals surface area contributed by atoms with Crippen LogP contribution in [0.3, 0.4) is 0 Å². The van der Waals surface area contributed by atoms with Crippen molar-refractivity contribution in [2.24, 2.45) is 0 Å². The highest BCUT2D eigenvalue weighted by Gasteiger charge is 2.31. The first-order valence-electron chi connectivity index (χ1n) is 7.92. The molecule has 0 radical (unpaired) electrons. The zero-order valence-corrected chi connectivity index (χ0v) is 13.4. The Morgan fingerprint density at radius 3 is 2.43 bits per heavy atom. The topological polar surface area (TPSA) is 110 Å². The molecule has 2 fully saturated rings. The number of nitrogens with zero attached hydrogens (tertiary/aromatic N) is 2. The van der Waals surface area contributed by atoms with Gasteiger partial charge < -0.3 is 10.5 Å². The van der Waals surface area contributed by atoms with Crippen molar-refractivity contribution in [3.8, 4) is 0 Å². The molecule has 2 atom stereocenters. The average Bonchev–Trinajstić information content (AvgIpc) is 3.20. The molecule has 3 rings (SSSR count). The number of aromatic amines is 1. The predicted octanol–water partition coefficient (Wildman–Crippen LogP) is -0.254. The third-order valence-corrected chi connectivity index (χ3v) is 4.24. The summed E-state index contributed by atoms with van der Waals surface area (Å²) >= 11 is 0. The van der Waals surface area contributed by atoms with E-state index in [1.807, 2.05) is 18.7 Å². The molecule has 2 heterocycles. The van der Waals surface area contributed by atoms with Crippen LogP contribution in [-0.2, 0) is 4.74 Å². The number of carbonyl (C=O) groups excluding carboxylic acids is 1. The minimum atomic E-state index is -0.705. The maximum absolute atomic E-state index is 12.6. The van der Waals surface area contributed by atoms with Crippen LogP contribution in [0.1, 0.15) is 43.1 Å².